The SMILES string of the molecule is CC(C)CC(=O)NC(C(=O)N1CCC(c2nnc3n2CCNC3)CC1)C(C)C. The fourth-order valence-corrected chi connectivity index (χ4v) is 4.09. The lowest BCUT2D eigenvalue weighted by Crippen LogP contribution is -2.53. The van der Waals surface area contributed by atoms with Crippen LogP contribution < -0.4 is 10.6 Å². The average molecular weight is 391 g/mol. The normalized spacial score (nSPS) is 19.0. The van der Waals surface area contributed by atoms with Crippen LogP contribution in [-0.2, 0) is 22.7 Å². The van der Waals surface area contributed by atoms with E-state index in [9.17, 15) is 9.59 Å². The summed E-state index contributed by atoms with van der Waals surface area (Å²) in [7, 11) is 0. The Balaban J connectivity index is 1.59. The van der Waals surface area contributed by atoms with Gasteiger partial charge in [-0.05, 0) is 24.7 Å². The third kappa shape index (κ3) is 4.71. The molecule has 2 aliphatic heterocycles. The summed E-state index contributed by atoms with van der Waals surface area (Å²) in [5.74, 6) is 2.76. The van der Waals surface area contributed by atoms with Gasteiger partial charge in [-0.15, -0.1) is 10.2 Å². The molecule has 0 aliphatic carbocycles. The van der Waals surface area contributed by atoms with Crippen molar-refractivity contribution in [3.63, 3.8) is 0 Å². The minimum absolute atomic E-state index is 0.0398. The molecule has 1 aromatic heterocycles. The molecule has 28 heavy (non-hydrogen) atoms. The number of aromatic nitrogens is 3. The quantitative estimate of drug-likeness (QED) is 0.763. The summed E-state index contributed by atoms with van der Waals surface area (Å²) in [6, 6.07) is -0.449. The van der Waals surface area contributed by atoms with Crippen molar-refractivity contribution < 1.29 is 9.59 Å². The number of hydrogen-bond donors (Lipinski definition) is 2. The standard InChI is InChI=1S/C20H34N6O2/c1-13(2)11-17(27)22-18(14(3)4)20(28)25-8-5-15(6-9-25)19-24-23-16-12-21-7-10-26(16)19/h13-15,18,21H,5-12H2,1-4H3,(H,22,27). The Bertz CT molecular complexity index is 691. The third-order valence-corrected chi connectivity index (χ3v) is 5.67. The molecule has 156 valence electrons. The van der Waals surface area contributed by atoms with Crippen LogP contribution in [0.25, 0.3) is 0 Å². The van der Waals surface area contributed by atoms with Crippen LogP contribution in [0.3, 0.4) is 0 Å². The summed E-state index contributed by atoms with van der Waals surface area (Å²) in [6.07, 6.45) is 2.23. The Morgan fingerprint density at radius 1 is 1.14 bits per heavy atom. The van der Waals surface area contributed by atoms with E-state index in [1.54, 1.807) is 0 Å². The molecule has 2 N–H and O–H groups in total. The maximum Gasteiger partial charge on any atom is 0.245 e. The first-order valence-corrected chi connectivity index (χ1v) is 10.6. The molecule has 0 saturated carbocycles. The van der Waals surface area contributed by atoms with Crippen molar-refractivity contribution in [1.82, 2.24) is 30.3 Å². The molecule has 8 heteroatoms. The number of carbonyl (C=O) groups is 2. The number of hydrogen-bond acceptors (Lipinski definition) is 5. The minimum atomic E-state index is -0.449. The fraction of sp³-hybridized carbons (Fsp3) is 0.800. The zero-order valence-corrected chi connectivity index (χ0v) is 17.6. The molecule has 3 rings (SSSR count). The number of piperidine rings is 1. The Morgan fingerprint density at radius 3 is 2.50 bits per heavy atom. The molecule has 2 amide bonds. The van der Waals surface area contributed by atoms with Crippen LogP contribution in [0.1, 0.15) is 64.5 Å². The minimum Gasteiger partial charge on any atom is -0.344 e. The maximum atomic E-state index is 13.1. The lowest BCUT2D eigenvalue weighted by molar-refractivity contribution is -0.138. The van der Waals surface area contributed by atoms with Crippen LogP contribution in [0.2, 0.25) is 0 Å². The average Bonchev–Trinajstić information content (AvgIpc) is 3.09. The summed E-state index contributed by atoms with van der Waals surface area (Å²) in [5.41, 5.74) is 0. The molecule has 1 unspecified atom stereocenters. The van der Waals surface area contributed by atoms with Crippen molar-refractivity contribution >= 4 is 11.8 Å². The topological polar surface area (TPSA) is 92.2 Å². The molecule has 2 aliphatic rings. The lowest BCUT2D eigenvalue weighted by atomic mass is 9.94. The molecule has 1 saturated heterocycles. The van der Waals surface area contributed by atoms with E-state index >= 15 is 0 Å². The smallest absolute Gasteiger partial charge is 0.245 e. The van der Waals surface area contributed by atoms with Gasteiger partial charge in [0.05, 0.1) is 6.54 Å². The van der Waals surface area contributed by atoms with Gasteiger partial charge < -0.3 is 20.1 Å². The second-order valence-corrected chi connectivity index (χ2v) is 8.79. The number of carbonyl (C=O) groups excluding carboxylic acids is 2. The Labute approximate surface area is 167 Å². The molecule has 0 aromatic carbocycles. The van der Waals surface area contributed by atoms with E-state index in [0.717, 1.165) is 44.1 Å². The summed E-state index contributed by atoms with van der Waals surface area (Å²) in [5, 5.41) is 15.0. The summed E-state index contributed by atoms with van der Waals surface area (Å²) in [4.78, 5) is 27.2. The molecular weight excluding hydrogens is 356 g/mol. The van der Waals surface area contributed by atoms with Gasteiger partial charge in [-0.1, -0.05) is 27.7 Å². The van der Waals surface area contributed by atoms with E-state index in [1.165, 1.54) is 0 Å². The Kier molecular flexibility index (Phi) is 6.69. The predicted molar refractivity (Wildman–Crippen MR) is 107 cm³/mol. The largest absolute Gasteiger partial charge is 0.344 e. The first kappa shape index (κ1) is 20.8. The van der Waals surface area contributed by atoms with Gasteiger partial charge in [-0.3, -0.25) is 9.59 Å². The van der Waals surface area contributed by atoms with Gasteiger partial charge in [0.2, 0.25) is 11.8 Å². The van der Waals surface area contributed by atoms with Crippen LogP contribution in [0.5, 0.6) is 0 Å². The summed E-state index contributed by atoms with van der Waals surface area (Å²) >= 11 is 0. The number of nitrogens with zero attached hydrogens (tertiary/aromatic N) is 4. The molecule has 1 fully saturated rings. The van der Waals surface area contributed by atoms with E-state index in [2.05, 4.69) is 25.4 Å². The number of likely N-dealkylation sites (tertiary alicyclic amines) is 1. The molecule has 0 bridgehead atoms. The molecule has 8 nitrogen and oxygen atoms in total. The first-order valence-electron chi connectivity index (χ1n) is 10.6. The number of amides is 2. The van der Waals surface area contributed by atoms with Gasteiger partial charge in [-0.25, -0.2) is 0 Å². The summed E-state index contributed by atoms with van der Waals surface area (Å²) in [6.45, 7) is 12.0. The second kappa shape index (κ2) is 9.03. The highest BCUT2D eigenvalue weighted by Crippen LogP contribution is 2.28. The van der Waals surface area contributed by atoms with Gasteiger partial charge in [0, 0.05) is 38.5 Å². The molecule has 3 heterocycles. The molecule has 1 aromatic rings. The zero-order valence-electron chi connectivity index (χ0n) is 17.6. The van der Waals surface area contributed by atoms with Crippen molar-refractivity contribution in [3.05, 3.63) is 11.6 Å². The van der Waals surface area contributed by atoms with Crippen molar-refractivity contribution in [2.75, 3.05) is 19.6 Å². The van der Waals surface area contributed by atoms with Gasteiger partial charge in [0.1, 0.15) is 17.7 Å². The highest BCUT2D eigenvalue weighted by Gasteiger charge is 2.33. The Morgan fingerprint density at radius 2 is 1.86 bits per heavy atom. The predicted octanol–water partition coefficient (Wildman–Crippen LogP) is 1.27. The van der Waals surface area contributed by atoms with Crippen molar-refractivity contribution in [1.29, 1.82) is 0 Å². The Hall–Kier alpha value is -1.96. The molecule has 0 radical (unpaired) electrons. The van der Waals surface area contributed by atoms with Crippen LogP contribution in [0, 0.1) is 11.8 Å². The van der Waals surface area contributed by atoms with Crippen LogP contribution in [0.4, 0.5) is 0 Å². The molecule has 1 atom stereocenters. The van der Waals surface area contributed by atoms with Gasteiger partial charge in [-0.2, -0.15) is 0 Å². The van der Waals surface area contributed by atoms with Crippen molar-refractivity contribution in [3.8, 4) is 0 Å². The highest BCUT2D eigenvalue weighted by molar-refractivity contribution is 5.88. The van der Waals surface area contributed by atoms with E-state index in [-0.39, 0.29) is 23.7 Å². The fourth-order valence-electron chi connectivity index (χ4n) is 4.09. The molecular formula is C20H34N6O2. The van der Waals surface area contributed by atoms with Crippen molar-refractivity contribution in [2.24, 2.45) is 11.8 Å². The van der Waals surface area contributed by atoms with E-state index < -0.39 is 6.04 Å². The van der Waals surface area contributed by atoms with Crippen molar-refractivity contribution in [2.45, 2.75) is 72.0 Å². The second-order valence-electron chi connectivity index (χ2n) is 8.79. The van der Waals surface area contributed by atoms with Crippen LogP contribution >= 0.6 is 0 Å². The first-order chi connectivity index (χ1) is 13.4. The van der Waals surface area contributed by atoms with E-state index in [4.69, 9.17) is 0 Å². The van der Waals surface area contributed by atoms with Crippen LogP contribution in [-0.4, -0.2) is 57.2 Å². The summed E-state index contributed by atoms with van der Waals surface area (Å²) < 4.78 is 2.24. The van der Waals surface area contributed by atoms with E-state index in [0.29, 0.717) is 25.4 Å². The van der Waals surface area contributed by atoms with E-state index in [1.807, 2.05) is 32.6 Å². The number of fused-ring (bicyclic) bond motifs is 1. The lowest BCUT2D eigenvalue weighted by Gasteiger charge is -2.35. The highest BCUT2D eigenvalue weighted by atomic mass is 16.2. The molecule has 0 spiro atoms. The van der Waals surface area contributed by atoms with Gasteiger partial charge in [0.25, 0.3) is 0 Å². The zero-order chi connectivity index (χ0) is 20.3. The maximum absolute atomic E-state index is 13.1. The monoisotopic (exact) mass is 390 g/mol. The van der Waals surface area contributed by atoms with Crippen LogP contribution in [0.15, 0.2) is 0 Å². The van der Waals surface area contributed by atoms with Gasteiger partial charge in [0.15, 0.2) is 0 Å². The number of rotatable bonds is 6. The number of nitrogens with one attached hydrogen (secondary N) is 2. The van der Waals surface area contributed by atoms with Gasteiger partial charge >= 0.3 is 0 Å². The third-order valence-electron chi connectivity index (χ3n) is 5.67.